The minimum Gasteiger partial charge on any atom is -0.497 e. The van der Waals surface area contributed by atoms with E-state index in [1.807, 2.05) is 24.3 Å². The molecule has 1 heterocycles. The zero-order valence-electron chi connectivity index (χ0n) is 10.6. The number of hydrogen-bond donors (Lipinski definition) is 2. The Morgan fingerprint density at radius 3 is 2.95 bits per heavy atom. The largest absolute Gasteiger partial charge is 0.497 e. The lowest BCUT2D eigenvalue weighted by Gasteiger charge is -2.07. The normalized spacial score (nSPS) is 9.95. The summed E-state index contributed by atoms with van der Waals surface area (Å²) in [6, 6.07) is 10.8. The maximum absolute atomic E-state index is 11.9. The predicted molar refractivity (Wildman–Crippen MR) is 72.8 cm³/mol. The minimum absolute atomic E-state index is 0.241. The highest BCUT2D eigenvalue weighted by molar-refractivity contribution is 5.96. The molecular weight excluding hydrogens is 242 g/mol. The van der Waals surface area contributed by atoms with Crippen LogP contribution in [-0.4, -0.2) is 18.0 Å². The van der Waals surface area contributed by atoms with Crippen molar-refractivity contribution in [3.63, 3.8) is 0 Å². The molecule has 1 aromatic heterocycles. The Kier molecular flexibility index (Phi) is 3.97. The molecule has 0 aliphatic heterocycles. The summed E-state index contributed by atoms with van der Waals surface area (Å²) in [6.45, 7) is 0.395. The van der Waals surface area contributed by atoms with Gasteiger partial charge in [0.05, 0.1) is 12.8 Å². The highest BCUT2D eigenvalue weighted by atomic mass is 16.5. The van der Waals surface area contributed by atoms with Crippen LogP contribution >= 0.6 is 0 Å². The van der Waals surface area contributed by atoms with E-state index in [9.17, 15) is 4.79 Å². The van der Waals surface area contributed by atoms with Crippen LogP contribution in [0.1, 0.15) is 16.1 Å². The number of carbonyl (C=O) groups is 1. The van der Waals surface area contributed by atoms with Crippen molar-refractivity contribution < 1.29 is 9.53 Å². The number of amides is 1. The lowest BCUT2D eigenvalue weighted by atomic mass is 10.2. The van der Waals surface area contributed by atoms with Gasteiger partial charge in [0.1, 0.15) is 5.75 Å². The van der Waals surface area contributed by atoms with Crippen molar-refractivity contribution in [3.05, 3.63) is 53.9 Å². The van der Waals surface area contributed by atoms with E-state index in [-0.39, 0.29) is 11.6 Å². The molecule has 0 fully saturated rings. The number of hydrogen-bond acceptors (Lipinski definition) is 4. The smallest absolute Gasteiger partial charge is 0.272 e. The third-order valence-electron chi connectivity index (χ3n) is 2.64. The second-order valence-corrected chi connectivity index (χ2v) is 3.98. The summed E-state index contributed by atoms with van der Waals surface area (Å²) in [5, 5.41) is 2.77. The predicted octanol–water partition coefficient (Wildman–Crippen LogP) is 1.60. The minimum atomic E-state index is -0.291. The second-order valence-electron chi connectivity index (χ2n) is 3.98. The van der Waals surface area contributed by atoms with Crippen LogP contribution in [0.4, 0.5) is 5.69 Å². The quantitative estimate of drug-likeness (QED) is 0.872. The molecule has 5 heteroatoms. The number of anilines is 1. The van der Waals surface area contributed by atoms with Gasteiger partial charge in [-0.25, -0.2) is 4.98 Å². The number of methoxy groups -OCH3 is 1. The molecule has 0 bridgehead atoms. The van der Waals surface area contributed by atoms with Gasteiger partial charge in [0.15, 0.2) is 5.69 Å². The van der Waals surface area contributed by atoms with Gasteiger partial charge in [-0.2, -0.15) is 0 Å². The van der Waals surface area contributed by atoms with Gasteiger partial charge in [-0.05, 0) is 29.8 Å². The van der Waals surface area contributed by atoms with Crippen LogP contribution in [0.25, 0.3) is 0 Å². The Morgan fingerprint density at radius 2 is 2.21 bits per heavy atom. The molecule has 0 spiro atoms. The number of rotatable bonds is 4. The number of nitrogens with zero attached hydrogens (tertiary/aromatic N) is 1. The van der Waals surface area contributed by atoms with E-state index in [1.54, 1.807) is 19.2 Å². The van der Waals surface area contributed by atoms with Gasteiger partial charge in [0.25, 0.3) is 5.91 Å². The van der Waals surface area contributed by atoms with E-state index in [0.29, 0.717) is 12.2 Å². The summed E-state index contributed by atoms with van der Waals surface area (Å²) in [6.07, 6.45) is 1.54. The Morgan fingerprint density at radius 1 is 1.37 bits per heavy atom. The molecule has 2 aromatic rings. The van der Waals surface area contributed by atoms with Crippen LogP contribution in [0.2, 0.25) is 0 Å². The lowest BCUT2D eigenvalue weighted by molar-refractivity contribution is 0.0947. The van der Waals surface area contributed by atoms with Gasteiger partial charge in [-0.1, -0.05) is 12.1 Å². The maximum atomic E-state index is 11.9. The first-order chi connectivity index (χ1) is 9.20. The molecule has 0 radical (unpaired) electrons. The van der Waals surface area contributed by atoms with E-state index in [1.165, 1.54) is 6.20 Å². The van der Waals surface area contributed by atoms with Gasteiger partial charge in [0.2, 0.25) is 0 Å². The van der Waals surface area contributed by atoms with Crippen molar-refractivity contribution in [2.75, 3.05) is 12.8 Å². The number of aromatic nitrogens is 1. The molecule has 19 heavy (non-hydrogen) atoms. The molecular formula is C14H15N3O2. The number of nitrogens with one attached hydrogen (secondary N) is 1. The second kappa shape index (κ2) is 5.86. The molecule has 0 aliphatic carbocycles. The van der Waals surface area contributed by atoms with Crippen LogP contribution in [-0.2, 0) is 6.54 Å². The number of pyridine rings is 1. The summed E-state index contributed by atoms with van der Waals surface area (Å²) in [4.78, 5) is 15.9. The van der Waals surface area contributed by atoms with Crippen molar-refractivity contribution in [3.8, 4) is 5.75 Å². The summed E-state index contributed by atoms with van der Waals surface area (Å²) in [5.41, 5.74) is 7.25. The fourth-order valence-electron chi connectivity index (χ4n) is 1.66. The van der Waals surface area contributed by atoms with Crippen LogP contribution < -0.4 is 15.8 Å². The number of ether oxygens (including phenoxy) is 1. The van der Waals surface area contributed by atoms with Crippen LogP contribution in [0.3, 0.4) is 0 Å². The zero-order valence-corrected chi connectivity index (χ0v) is 10.6. The lowest BCUT2D eigenvalue weighted by Crippen LogP contribution is -2.24. The standard InChI is InChI=1S/C14H15N3O2/c1-19-11-5-2-4-10(8-11)9-17-14(18)13-12(15)6-3-7-16-13/h2-8H,9,15H2,1H3,(H,17,18). The summed E-state index contributed by atoms with van der Waals surface area (Å²) in [5.74, 6) is 0.463. The highest BCUT2D eigenvalue weighted by Crippen LogP contribution is 2.12. The maximum Gasteiger partial charge on any atom is 0.272 e. The van der Waals surface area contributed by atoms with E-state index in [0.717, 1.165) is 11.3 Å². The fraction of sp³-hybridized carbons (Fsp3) is 0.143. The molecule has 0 unspecified atom stereocenters. The van der Waals surface area contributed by atoms with Gasteiger partial charge in [-0.15, -0.1) is 0 Å². The van der Waals surface area contributed by atoms with Gasteiger partial charge >= 0.3 is 0 Å². The SMILES string of the molecule is COc1cccc(CNC(=O)c2ncccc2N)c1. The van der Waals surface area contributed by atoms with Crippen molar-refractivity contribution in [2.24, 2.45) is 0 Å². The summed E-state index contributed by atoms with van der Waals surface area (Å²) < 4.78 is 5.12. The molecule has 0 aliphatic rings. The topological polar surface area (TPSA) is 77.2 Å². The average molecular weight is 257 g/mol. The van der Waals surface area contributed by atoms with Crippen LogP contribution in [0.5, 0.6) is 5.75 Å². The molecule has 0 saturated heterocycles. The first-order valence-electron chi connectivity index (χ1n) is 5.82. The van der Waals surface area contributed by atoms with Crippen molar-refractivity contribution in [1.29, 1.82) is 0 Å². The Labute approximate surface area is 111 Å². The first-order valence-corrected chi connectivity index (χ1v) is 5.82. The van der Waals surface area contributed by atoms with Crippen LogP contribution in [0, 0.1) is 0 Å². The molecule has 0 atom stereocenters. The van der Waals surface area contributed by atoms with Gasteiger partial charge < -0.3 is 15.8 Å². The van der Waals surface area contributed by atoms with Crippen molar-refractivity contribution >= 4 is 11.6 Å². The number of nitrogens with two attached hydrogens (primary N) is 1. The number of benzene rings is 1. The highest BCUT2D eigenvalue weighted by Gasteiger charge is 2.10. The molecule has 3 N–H and O–H groups in total. The Balaban J connectivity index is 2.02. The van der Waals surface area contributed by atoms with E-state index in [2.05, 4.69) is 10.3 Å². The van der Waals surface area contributed by atoms with Crippen molar-refractivity contribution in [2.45, 2.75) is 6.54 Å². The first kappa shape index (κ1) is 12.9. The third kappa shape index (κ3) is 3.22. The monoisotopic (exact) mass is 257 g/mol. The molecule has 2 rings (SSSR count). The Hall–Kier alpha value is -2.56. The number of nitrogen functional groups attached to an aromatic ring is 1. The molecule has 1 amide bonds. The molecule has 1 aromatic carbocycles. The van der Waals surface area contributed by atoms with Gasteiger partial charge in [0, 0.05) is 12.7 Å². The molecule has 98 valence electrons. The molecule has 5 nitrogen and oxygen atoms in total. The van der Waals surface area contributed by atoms with Crippen molar-refractivity contribution in [1.82, 2.24) is 10.3 Å². The zero-order chi connectivity index (χ0) is 13.7. The summed E-state index contributed by atoms with van der Waals surface area (Å²) in [7, 11) is 1.60. The van der Waals surface area contributed by atoms with E-state index in [4.69, 9.17) is 10.5 Å². The summed E-state index contributed by atoms with van der Waals surface area (Å²) >= 11 is 0. The average Bonchev–Trinajstić information content (AvgIpc) is 2.45. The van der Waals surface area contributed by atoms with Gasteiger partial charge in [-0.3, -0.25) is 4.79 Å². The van der Waals surface area contributed by atoms with E-state index >= 15 is 0 Å². The molecule has 0 saturated carbocycles. The number of carbonyl (C=O) groups excluding carboxylic acids is 1. The Bertz CT molecular complexity index is 584. The van der Waals surface area contributed by atoms with E-state index < -0.39 is 0 Å². The third-order valence-corrected chi connectivity index (χ3v) is 2.64. The van der Waals surface area contributed by atoms with Crippen LogP contribution in [0.15, 0.2) is 42.6 Å². The fourth-order valence-corrected chi connectivity index (χ4v) is 1.66.